The smallest absolute Gasteiger partial charge is 0.228 e. The molecule has 0 aliphatic carbocycles. The van der Waals surface area contributed by atoms with Crippen LogP contribution in [0.25, 0.3) is 10.2 Å². The lowest BCUT2D eigenvalue weighted by atomic mass is 10.1. The molecule has 2 aromatic carbocycles. The second-order valence-electron chi connectivity index (χ2n) is 6.49. The predicted molar refractivity (Wildman–Crippen MR) is 106 cm³/mol. The number of nitrogens with one attached hydrogen (secondary N) is 2. The van der Waals surface area contributed by atoms with Crippen LogP contribution in [-0.2, 0) is 16.0 Å². The predicted octanol–water partition coefficient (Wildman–Crippen LogP) is 4.60. The van der Waals surface area contributed by atoms with Crippen molar-refractivity contribution in [3.05, 3.63) is 53.8 Å². The highest BCUT2D eigenvalue weighted by molar-refractivity contribution is 7.22. The molecule has 3 aromatic rings. The third-order valence-corrected chi connectivity index (χ3v) is 4.93. The first-order chi connectivity index (χ1) is 12.9. The summed E-state index contributed by atoms with van der Waals surface area (Å²) in [6.45, 7) is 3.65. The van der Waals surface area contributed by atoms with Crippen LogP contribution < -0.4 is 10.6 Å². The number of aryl methyl sites for hydroxylation is 1. The average molecular weight is 385 g/mol. The highest BCUT2D eigenvalue weighted by Crippen LogP contribution is 2.27. The van der Waals surface area contributed by atoms with Gasteiger partial charge in [0.15, 0.2) is 5.13 Å². The van der Waals surface area contributed by atoms with Crippen molar-refractivity contribution >= 4 is 44.2 Å². The Kier molecular flexibility index (Phi) is 5.81. The van der Waals surface area contributed by atoms with Gasteiger partial charge in [-0.2, -0.15) is 0 Å². The second kappa shape index (κ2) is 8.26. The van der Waals surface area contributed by atoms with Crippen molar-refractivity contribution in [1.29, 1.82) is 0 Å². The lowest BCUT2D eigenvalue weighted by Gasteiger charge is -2.06. The van der Waals surface area contributed by atoms with Crippen LogP contribution in [-0.4, -0.2) is 16.8 Å². The summed E-state index contributed by atoms with van der Waals surface area (Å²) in [6.07, 6.45) is 0.775. The normalized spacial score (nSPS) is 11.0. The summed E-state index contributed by atoms with van der Waals surface area (Å²) < 4.78 is 14.5. The van der Waals surface area contributed by atoms with E-state index in [4.69, 9.17) is 0 Å². The molecular formula is C20H20FN3O2S. The third-order valence-electron chi connectivity index (χ3n) is 4.00. The Hall–Kier alpha value is -2.80. The first-order valence-corrected chi connectivity index (χ1v) is 9.49. The van der Waals surface area contributed by atoms with Gasteiger partial charge in [0, 0.05) is 12.3 Å². The van der Waals surface area contributed by atoms with Crippen LogP contribution in [0.5, 0.6) is 0 Å². The van der Waals surface area contributed by atoms with Crippen molar-refractivity contribution in [2.24, 2.45) is 5.92 Å². The number of hydrogen-bond acceptors (Lipinski definition) is 4. The van der Waals surface area contributed by atoms with E-state index in [9.17, 15) is 14.0 Å². The largest absolute Gasteiger partial charge is 0.324 e. The van der Waals surface area contributed by atoms with Gasteiger partial charge in [0.25, 0.3) is 0 Å². The zero-order valence-corrected chi connectivity index (χ0v) is 15.9. The molecule has 0 atom stereocenters. The number of halogens is 1. The molecule has 1 aromatic heterocycles. The molecule has 7 heteroatoms. The molecule has 0 spiro atoms. The average Bonchev–Trinajstić information content (AvgIpc) is 3.03. The number of carbonyl (C=O) groups excluding carboxylic acids is 2. The maximum Gasteiger partial charge on any atom is 0.228 e. The lowest BCUT2D eigenvalue weighted by molar-refractivity contribution is -0.119. The van der Waals surface area contributed by atoms with Gasteiger partial charge < -0.3 is 10.6 Å². The van der Waals surface area contributed by atoms with Crippen LogP contribution in [0.4, 0.5) is 15.2 Å². The van der Waals surface area contributed by atoms with Crippen molar-refractivity contribution < 1.29 is 14.0 Å². The Morgan fingerprint density at radius 3 is 2.67 bits per heavy atom. The molecule has 0 unspecified atom stereocenters. The van der Waals surface area contributed by atoms with Gasteiger partial charge in [0.2, 0.25) is 11.8 Å². The van der Waals surface area contributed by atoms with E-state index in [1.54, 1.807) is 12.1 Å². The van der Waals surface area contributed by atoms with Crippen molar-refractivity contribution in [2.75, 3.05) is 10.6 Å². The van der Waals surface area contributed by atoms with Gasteiger partial charge in [0.05, 0.1) is 15.9 Å². The van der Waals surface area contributed by atoms with E-state index in [-0.39, 0.29) is 29.8 Å². The van der Waals surface area contributed by atoms with E-state index in [1.807, 2.05) is 32.0 Å². The van der Waals surface area contributed by atoms with Crippen LogP contribution in [0.15, 0.2) is 42.5 Å². The number of para-hydroxylation sites is 1. The fourth-order valence-corrected chi connectivity index (χ4v) is 3.39. The molecule has 0 bridgehead atoms. The molecule has 1 heterocycles. The second-order valence-corrected chi connectivity index (χ2v) is 7.52. The number of hydrogen-bond donors (Lipinski definition) is 2. The van der Waals surface area contributed by atoms with Gasteiger partial charge in [-0.25, -0.2) is 9.37 Å². The fourth-order valence-electron chi connectivity index (χ4n) is 2.46. The van der Waals surface area contributed by atoms with E-state index >= 15 is 0 Å². The maximum atomic E-state index is 13.6. The van der Waals surface area contributed by atoms with Crippen LogP contribution in [0.2, 0.25) is 0 Å². The molecule has 2 N–H and O–H groups in total. The Labute approximate surface area is 160 Å². The van der Waals surface area contributed by atoms with Crippen LogP contribution in [0.3, 0.4) is 0 Å². The summed E-state index contributed by atoms with van der Waals surface area (Å²) in [6, 6.07) is 11.8. The van der Waals surface area contributed by atoms with Crippen molar-refractivity contribution in [2.45, 2.75) is 26.7 Å². The summed E-state index contributed by atoms with van der Waals surface area (Å²) in [7, 11) is 0. The third kappa shape index (κ3) is 4.89. The summed E-state index contributed by atoms with van der Waals surface area (Å²) in [5, 5.41) is 5.95. The summed E-state index contributed by atoms with van der Waals surface area (Å²) >= 11 is 1.40. The molecule has 0 fully saturated rings. The first kappa shape index (κ1) is 19.0. The number of fused-ring (bicyclic) bond motifs is 1. The van der Waals surface area contributed by atoms with E-state index < -0.39 is 5.82 Å². The van der Waals surface area contributed by atoms with Crippen LogP contribution in [0.1, 0.15) is 25.8 Å². The maximum absolute atomic E-state index is 13.6. The van der Waals surface area contributed by atoms with Gasteiger partial charge in [0.1, 0.15) is 5.82 Å². The molecule has 0 saturated heterocycles. The van der Waals surface area contributed by atoms with E-state index in [0.29, 0.717) is 11.6 Å². The van der Waals surface area contributed by atoms with Gasteiger partial charge in [-0.1, -0.05) is 43.4 Å². The topological polar surface area (TPSA) is 71.1 Å². The molecular weight excluding hydrogens is 365 g/mol. The highest BCUT2D eigenvalue weighted by Gasteiger charge is 2.12. The quantitative estimate of drug-likeness (QED) is 0.651. The fraction of sp³-hybridized carbons (Fsp3) is 0.250. The summed E-state index contributed by atoms with van der Waals surface area (Å²) in [4.78, 5) is 28.3. The van der Waals surface area contributed by atoms with Crippen molar-refractivity contribution in [3.63, 3.8) is 0 Å². The number of carbonyl (C=O) groups is 2. The number of aromatic nitrogens is 1. The number of rotatable bonds is 6. The van der Waals surface area contributed by atoms with Gasteiger partial charge >= 0.3 is 0 Å². The van der Waals surface area contributed by atoms with Crippen LogP contribution in [0, 0.1) is 11.7 Å². The minimum atomic E-state index is -0.451. The molecule has 2 amide bonds. The van der Waals surface area contributed by atoms with Gasteiger partial charge in [-0.15, -0.1) is 0 Å². The molecule has 5 nitrogen and oxygen atoms in total. The summed E-state index contributed by atoms with van der Waals surface area (Å²) in [5.41, 5.74) is 1.97. The summed E-state index contributed by atoms with van der Waals surface area (Å²) in [5.74, 6) is -0.873. The minimum Gasteiger partial charge on any atom is -0.324 e. The Morgan fingerprint density at radius 1 is 1.15 bits per heavy atom. The molecule has 0 aliphatic heterocycles. The number of nitrogens with zero attached hydrogens (tertiary/aromatic N) is 1. The zero-order chi connectivity index (χ0) is 19.4. The zero-order valence-electron chi connectivity index (χ0n) is 15.1. The molecule has 0 radical (unpaired) electrons. The Bertz CT molecular complexity index is 984. The Balaban J connectivity index is 1.62. The van der Waals surface area contributed by atoms with Crippen molar-refractivity contribution in [1.82, 2.24) is 4.98 Å². The van der Waals surface area contributed by atoms with Gasteiger partial charge in [-0.05, 0) is 36.2 Å². The molecule has 27 heavy (non-hydrogen) atoms. The molecule has 140 valence electrons. The number of thiazole rings is 1. The SMILES string of the molecule is CC(C)C(=O)Nc1nc2ccc(CCC(=O)Nc3ccccc3F)cc2s1. The molecule has 0 aliphatic rings. The van der Waals surface area contributed by atoms with E-state index in [0.717, 1.165) is 15.8 Å². The molecule has 3 rings (SSSR count). The highest BCUT2D eigenvalue weighted by atomic mass is 32.1. The lowest BCUT2D eigenvalue weighted by Crippen LogP contribution is -2.17. The first-order valence-electron chi connectivity index (χ1n) is 8.67. The number of benzene rings is 2. The number of anilines is 2. The standard InChI is InChI=1S/C20H20FN3O2S/c1-12(2)19(26)24-20-23-16-9-7-13(11-17(16)27-20)8-10-18(25)22-15-6-4-3-5-14(15)21/h3-7,9,11-12H,8,10H2,1-2H3,(H,22,25)(H,23,24,26). The minimum absolute atomic E-state index is 0.0703. The Morgan fingerprint density at radius 2 is 1.93 bits per heavy atom. The van der Waals surface area contributed by atoms with Gasteiger partial charge in [-0.3, -0.25) is 9.59 Å². The monoisotopic (exact) mass is 385 g/mol. The van der Waals surface area contributed by atoms with E-state index in [1.165, 1.54) is 23.5 Å². The molecule has 0 saturated carbocycles. The van der Waals surface area contributed by atoms with Crippen LogP contribution >= 0.6 is 11.3 Å². The van der Waals surface area contributed by atoms with E-state index in [2.05, 4.69) is 15.6 Å². The number of amides is 2. The van der Waals surface area contributed by atoms with Crippen molar-refractivity contribution in [3.8, 4) is 0 Å².